The maximum atomic E-state index is 11.9. The first kappa shape index (κ1) is 20.0. The largest absolute Gasteiger partial charge is 0.452 e. The van der Waals surface area contributed by atoms with Gasteiger partial charge < -0.3 is 10.1 Å². The highest BCUT2D eigenvalue weighted by Crippen LogP contribution is 2.27. The van der Waals surface area contributed by atoms with Gasteiger partial charge in [-0.05, 0) is 30.3 Å². The van der Waals surface area contributed by atoms with Crippen molar-refractivity contribution < 1.29 is 19.2 Å². The molecular weight excluding hydrogens is 398 g/mol. The summed E-state index contributed by atoms with van der Waals surface area (Å²) in [6, 6.07) is 15.0. The summed E-state index contributed by atoms with van der Waals surface area (Å²) in [5.74, 6) is -1.37. The third kappa shape index (κ3) is 5.36. The van der Waals surface area contributed by atoms with Gasteiger partial charge in [0.15, 0.2) is 6.61 Å². The Balaban J connectivity index is 1.54. The van der Waals surface area contributed by atoms with Gasteiger partial charge in [-0.1, -0.05) is 35.9 Å². The minimum Gasteiger partial charge on any atom is -0.452 e. The van der Waals surface area contributed by atoms with E-state index in [0.29, 0.717) is 5.69 Å². The van der Waals surface area contributed by atoms with Crippen LogP contribution in [-0.4, -0.2) is 28.4 Å². The van der Waals surface area contributed by atoms with E-state index in [4.69, 9.17) is 16.3 Å². The molecular formula is C20H14ClN3O5. The molecule has 0 unspecified atom stereocenters. The van der Waals surface area contributed by atoms with E-state index in [0.717, 1.165) is 23.0 Å². The van der Waals surface area contributed by atoms with Crippen LogP contribution in [0.2, 0.25) is 5.02 Å². The zero-order valence-electron chi connectivity index (χ0n) is 14.9. The molecule has 0 bridgehead atoms. The number of aromatic nitrogens is 1. The Bertz CT molecular complexity index is 1130. The number of ether oxygens (including phenoxy) is 1. The van der Waals surface area contributed by atoms with Crippen molar-refractivity contribution in [1.29, 1.82) is 0 Å². The van der Waals surface area contributed by atoms with Crippen LogP contribution in [0.25, 0.3) is 17.0 Å². The van der Waals surface area contributed by atoms with E-state index >= 15 is 0 Å². The highest BCUT2D eigenvalue weighted by atomic mass is 35.5. The number of esters is 1. The number of anilines is 1. The number of amides is 1. The van der Waals surface area contributed by atoms with E-state index in [1.165, 1.54) is 18.2 Å². The number of hydrogen-bond donors (Lipinski definition) is 1. The quantitative estimate of drug-likeness (QED) is 0.284. The fourth-order valence-corrected chi connectivity index (χ4v) is 2.63. The molecule has 1 aromatic heterocycles. The van der Waals surface area contributed by atoms with Crippen LogP contribution < -0.4 is 5.32 Å². The second kappa shape index (κ2) is 8.94. The summed E-state index contributed by atoms with van der Waals surface area (Å²) >= 11 is 5.71. The summed E-state index contributed by atoms with van der Waals surface area (Å²) < 4.78 is 4.86. The van der Waals surface area contributed by atoms with Gasteiger partial charge in [0.25, 0.3) is 11.6 Å². The molecule has 0 saturated heterocycles. The molecule has 1 amide bonds. The number of carbonyl (C=O) groups is 2. The summed E-state index contributed by atoms with van der Waals surface area (Å²) in [7, 11) is 0. The number of nitrogens with zero attached hydrogens (tertiary/aromatic N) is 2. The molecule has 0 aliphatic heterocycles. The highest BCUT2D eigenvalue weighted by molar-refractivity contribution is 6.32. The Kier molecular flexibility index (Phi) is 6.16. The van der Waals surface area contributed by atoms with Crippen molar-refractivity contribution in [3.8, 4) is 0 Å². The van der Waals surface area contributed by atoms with Crippen LogP contribution in [-0.2, 0) is 14.3 Å². The monoisotopic (exact) mass is 411 g/mol. The number of nitrogens with one attached hydrogen (secondary N) is 1. The first-order valence-corrected chi connectivity index (χ1v) is 8.74. The molecule has 0 atom stereocenters. The van der Waals surface area contributed by atoms with Crippen LogP contribution in [0.15, 0.2) is 60.7 Å². The molecule has 9 heteroatoms. The zero-order valence-corrected chi connectivity index (χ0v) is 15.6. The highest BCUT2D eigenvalue weighted by Gasteiger charge is 2.14. The normalized spacial score (nSPS) is 10.8. The maximum Gasteiger partial charge on any atom is 0.331 e. The van der Waals surface area contributed by atoms with E-state index < -0.39 is 23.4 Å². The molecule has 146 valence electrons. The summed E-state index contributed by atoms with van der Waals surface area (Å²) in [6.45, 7) is -0.551. The second-order valence-electron chi connectivity index (χ2n) is 5.84. The molecule has 1 N–H and O–H groups in total. The zero-order chi connectivity index (χ0) is 20.8. The molecule has 1 heterocycles. The molecule has 0 aliphatic carbocycles. The Hall–Kier alpha value is -3.78. The third-order valence-corrected chi connectivity index (χ3v) is 4.10. The lowest BCUT2D eigenvalue weighted by atomic mass is 10.2. The Morgan fingerprint density at radius 1 is 1.17 bits per heavy atom. The number of carbonyl (C=O) groups excluding carboxylic acids is 2. The number of benzene rings is 2. The lowest BCUT2D eigenvalue weighted by Crippen LogP contribution is -2.20. The van der Waals surface area contributed by atoms with Gasteiger partial charge in [0.2, 0.25) is 0 Å². The Morgan fingerprint density at radius 3 is 2.76 bits per heavy atom. The van der Waals surface area contributed by atoms with Gasteiger partial charge >= 0.3 is 5.97 Å². The lowest BCUT2D eigenvalue weighted by Gasteiger charge is -2.06. The van der Waals surface area contributed by atoms with Gasteiger partial charge in [0, 0.05) is 23.2 Å². The molecule has 29 heavy (non-hydrogen) atoms. The van der Waals surface area contributed by atoms with Crippen molar-refractivity contribution >= 4 is 51.8 Å². The number of pyridine rings is 1. The molecule has 0 spiro atoms. The van der Waals surface area contributed by atoms with Crippen LogP contribution in [0.4, 0.5) is 11.4 Å². The summed E-state index contributed by atoms with van der Waals surface area (Å²) in [5.41, 5.74) is 1.18. The maximum absolute atomic E-state index is 11.9. The topological polar surface area (TPSA) is 111 Å². The van der Waals surface area contributed by atoms with E-state index in [2.05, 4.69) is 10.3 Å². The van der Waals surface area contributed by atoms with Gasteiger partial charge in [-0.25, -0.2) is 9.78 Å². The average molecular weight is 412 g/mol. The summed E-state index contributed by atoms with van der Waals surface area (Å²) in [6.07, 6.45) is 2.65. The van der Waals surface area contributed by atoms with Crippen LogP contribution in [0.5, 0.6) is 0 Å². The molecule has 3 aromatic rings. The van der Waals surface area contributed by atoms with Gasteiger partial charge in [-0.3, -0.25) is 14.9 Å². The van der Waals surface area contributed by atoms with Crippen molar-refractivity contribution in [2.24, 2.45) is 0 Å². The standard InChI is InChI=1S/C20H14ClN3O5/c21-16-9-7-15(11-18(16)24(27)28)23-19(25)12-29-20(26)10-8-14-6-5-13-3-1-2-4-17(13)22-14/h1-11H,12H2,(H,23,25)/b10-8+. The molecule has 0 radical (unpaired) electrons. The first-order valence-electron chi connectivity index (χ1n) is 8.37. The number of fused-ring (bicyclic) bond motifs is 1. The Labute approximate surface area is 169 Å². The van der Waals surface area contributed by atoms with Crippen LogP contribution >= 0.6 is 11.6 Å². The van der Waals surface area contributed by atoms with Crippen molar-refractivity contribution in [3.05, 3.63) is 81.5 Å². The van der Waals surface area contributed by atoms with E-state index in [1.807, 2.05) is 30.3 Å². The van der Waals surface area contributed by atoms with E-state index in [-0.39, 0.29) is 16.4 Å². The van der Waals surface area contributed by atoms with Crippen molar-refractivity contribution in [2.75, 3.05) is 11.9 Å². The summed E-state index contributed by atoms with van der Waals surface area (Å²) in [4.78, 5) is 38.3. The molecule has 0 aliphatic rings. The molecule has 3 rings (SSSR count). The average Bonchev–Trinajstić information content (AvgIpc) is 2.71. The van der Waals surface area contributed by atoms with Crippen LogP contribution in [0.1, 0.15) is 5.69 Å². The number of rotatable bonds is 6. The number of hydrogen-bond acceptors (Lipinski definition) is 6. The number of nitro benzene ring substituents is 1. The van der Waals surface area contributed by atoms with Crippen molar-refractivity contribution in [1.82, 2.24) is 4.98 Å². The SMILES string of the molecule is O=C(COC(=O)/C=C/c1ccc2ccccc2n1)Nc1ccc(Cl)c([N+](=O)[O-])c1. The van der Waals surface area contributed by atoms with E-state index in [9.17, 15) is 19.7 Å². The van der Waals surface area contributed by atoms with Gasteiger partial charge in [0.1, 0.15) is 5.02 Å². The molecule has 0 saturated carbocycles. The van der Waals surface area contributed by atoms with Crippen molar-refractivity contribution in [2.45, 2.75) is 0 Å². The van der Waals surface area contributed by atoms with Crippen LogP contribution in [0, 0.1) is 10.1 Å². The van der Waals surface area contributed by atoms with Gasteiger partial charge in [-0.15, -0.1) is 0 Å². The number of halogens is 1. The summed E-state index contributed by atoms with van der Waals surface area (Å²) in [5, 5.41) is 14.2. The van der Waals surface area contributed by atoms with Gasteiger partial charge in [-0.2, -0.15) is 0 Å². The minimum atomic E-state index is -0.725. The molecule has 0 fully saturated rings. The molecule has 8 nitrogen and oxygen atoms in total. The smallest absolute Gasteiger partial charge is 0.331 e. The first-order chi connectivity index (χ1) is 13.9. The van der Waals surface area contributed by atoms with Crippen LogP contribution in [0.3, 0.4) is 0 Å². The van der Waals surface area contributed by atoms with Crippen molar-refractivity contribution in [3.63, 3.8) is 0 Å². The predicted molar refractivity (Wildman–Crippen MR) is 108 cm³/mol. The van der Waals surface area contributed by atoms with Gasteiger partial charge in [0.05, 0.1) is 16.1 Å². The molecule has 2 aromatic carbocycles. The minimum absolute atomic E-state index is 0.0492. The van der Waals surface area contributed by atoms with E-state index in [1.54, 1.807) is 6.07 Å². The number of para-hydroxylation sites is 1. The fourth-order valence-electron chi connectivity index (χ4n) is 2.44. The lowest BCUT2D eigenvalue weighted by molar-refractivity contribution is -0.384. The fraction of sp³-hybridized carbons (Fsp3) is 0.0500. The third-order valence-electron chi connectivity index (χ3n) is 3.78. The number of nitro groups is 1. The predicted octanol–water partition coefficient (Wildman–Crippen LogP) is 3.99. The Morgan fingerprint density at radius 2 is 1.97 bits per heavy atom. The second-order valence-corrected chi connectivity index (χ2v) is 6.25.